The highest BCUT2D eigenvalue weighted by Gasteiger charge is 2.32. The largest absolute Gasteiger partial charge is 0.483 e. The van der Waals surface area contributed by atoms with Gasteiger partial charge in [0.1, 0.15) is 17.6 Å². The van der Waals surface area contributed by atoms with Crippen molar-refractivity contribution in [2.45, 2.75) is 83.3 Å². The second kappa shape index (κ2) is 14.1. The SMILES string of the molecule is CC(C)(C)c1ccc(OCC(=O)N(Cc2ccccc2F)[C@H](Cc2ccccc2)C(=O)NC2CCCCC2)c(Br)c1. The Kier molecular flexibility index (Phi) is 10.6. The molecule has 2 amide bonds. The number of carbonyl (C=O) groups excluding carboxylic acids is 2. The number of nitrogens with zero attached hydrogens (tertiary/aromatic N) is 1. The van der Waals surface area contributed by atoms with Crippen molar-refractivity contribution in [3.63, 3.8) is 0 Å². The van der Waals surface area contributed by atoms with Crippen LogP contribution in [0.3, 0.4) is 0 Å². The van der Waals surface area contributed by atoms with Gasteiger partial charge in [0.2, 0.25) is 5.91 Å². The first-order valence-corrected chi connectivity index (χ1v) is 15.2. The van der Waals surface area contributed by atoms with Crippen LogP contribution in [0.25, 0.3) is 0 Å². The van der Waals surface area contributed by atoms with Gasteiger partial charge in [-0.3, -0.25) is 9.59 Å². The number of amides is 2. The van der Waals surface area contributed by atoms with E-state index in [1.807, 2.05) is 48.5 Å². The number of nitrogens with one attached hydrogen (secondary N) is 1. The number of hydrogen-bond donors (Lipinski definition) is 1. The van der Waals surface area contributed by atoms with Gasteiger partial charge in [0, 0.05) is 24.6 Å². The average Bonchev–Trinajstić information content (AvgIpc) is 2.95. The molecule has 1 aliphatic rings. The number of carbonyl (C=O) groups is 2. The molecule has 1 atom stereocenters. The van der Waals surface area contributed by atoms with Crippen LogP contribution in [0.4, 0.5) is 4.39 Å². The smallest absolute Gasteiger partial charge is 0.261 e. The third-order valence-corrected chi connectivity index (χ3v) is 8.29. The Morgan fingerprint density at radius 1 is 1.00 bits per heavy atom. The van der Waals surface area contributed by atoms with Gasteiger partial charge in [-0.05, 0) is 63.5 Å². The average molecular weight is 624 g/mol. The van der Waals surface area contributed by atoms with Crippen LogP contribution in [0.15, 0.2) is 77.3 Å². The van der Waals surface area contributed by atoms with Crippen molar-refractivity contribution in [2.75, 3.05) is 6.61 Å². The fourth-order valence-electron chi connectivity index (χ4n) is 5.22. The molecule has 0 aromatic heterocycles. The van der Waals surface area contributed by atoms with Crippen LogP contribution in [0.2, 0.25) is 0 Å². The normalized spacial score (nSPS) is 14.8. The van der Waals surface area contributed by atoms with Crippen molar-refractivity contribution >= 4 is 27.7 Å². The van der Waals surface area contributed by atoms with Crippen molar-refractivity contribution in [3.05, 3.63) is 99.8 Å². The number of rotatable bonds is 10. The number of benzene rings is 3. The topological polar surface area (TPSA) is 58.6 Å². The van der Waals surface area contributed by atoms with Crippen molar-refractivity contribution in [3.8, 4) is 5.75 Å². The number of halogens is 2. The summed E-state index contributed by atoms with van der Waals surface area (Å²) in [7, 11) is 0. The molecule has 7 heteroatoms. The molecule has 0 heterocycles. The molecule has 4 rings (SSSR count). The van der Waals surface area contributed by atoms with Gasteiger partial charge in [-0.2, -0.15) is 0 Å². The molecule has 0 bridgehead atoms. The van der Waals surface area contributed by atoms with E-state index in [4.69, 9.17) is 4.74 Å². The van der Waals surface area contributed by atoms with Crippen LogP contribution >= 0.6 is 15.9 Å². The Hall–Kier alpha value is -3.19. The van der Waals surface area contributed by atoms with Gasteiger partial charge in [0.15, 0.2) is 6.61 Å². The molecule has 1 N–H and O–H groups in total. The molecule has 1 fully saturated rings. The first-order valence-electron chi connectivity index (χ1n) is 14.4. The van der Waals surface area contributed by atoms with Gasteiger partial charge in [-0.1, -0.05) is 94.6 Å². The van der Waals surface area contributed by atoms with E-state index >= 15 is 0 Å². The summed E-state index contributed by atoms with van der Waals surface area (Å²) >= 11 is 3.58. The Morgan fingerprint density at radius 3 is 2.34 bits per heavy atom. The fraction of sp³-hybridized carbons (Fsp3) is 0.412. The molecule has 0 spiro atoms. The van der Waals surface area contributed by atoms with Crippen molar-refractivity contribution < 1.29 is 18.7 Å². The van der Waals surface area contributed by atoms with Crippen LogP contribution in [0.5, 0.6) is 5.75 Å². The standard InChI is InChI=1S/C34H40BrFN2O3/c1-34(2,3)26-18-19-31(28(35)21-26)41-23-32(39)38(22-25-14-10-11-17-29(25)36)30(20-24-12-6-4-7-13-24)33(40)37-27-15-8-5-9-16-27/h4,6-7,10-14,17-19,21,27,30H,5,8-9,15-16,20,22-23H2,1-3H3,(H,37,40)/t30-/m1/s1. The third-order valence-electron chi connectivity index (χ3n) is 7.67. The van der Waals surface area contributed by atoms with Crippen LogP contribution in [-0.4, -0.2) is 35.4 Å². The zero-order valence-corrected chi connectivity index (χ0v) is 25.8. The first-order chi connectivity index (χ1) is 19.6. The Bertz CT molecular complexity index is 1320. The Morgan fingerprint density at radius 2 is 1.68 bits per heavy atom. The molecule has 0 aliphatic heterocycles. The Balaban J connectivity index is 1.62. The zero-order chi connectivity index (χ0) is 29.4. The van der Waals surface area contributed by atoms with Crippen LogP contribution in [-0.2, 0) is 28.0 Å². The minimum Gasteiger partial charge on any atom is -0.483 e. The van der Waals surface area contributed by atoms with Crippen LogP contribution in [0.1, 0.15) is 69.6 Å². The van der Waals surface area contributed by atoms with E-state index in [0.29, 0.717) is 17.7 Å². The molecule has 1 aliphatic carbocycles. The van der Waals surface area contributed by atoms with Gasteiger partial charge in [-0.25, -0.2) is 4.39 Å². The predicted molar refractivity (Wildman–Crippen MR) is 164 cm³/mol. The van der Waals surface area contributed by atoms with E-state index in [9.17, 15) is 14.0 Å². The second-order valence-corrected chi connectivity index (χ2v) is 12.7. The van der Waals surface area contributed by atoms with Crippen molar-refractivity contribution in [1.82, 2.24) is 10.2 Å². The van der Waals surface area contributed by atoms with Crippen LogP contribution in [0, 0.1) is 5.82 Å². The second-order valence-electron chi connectivity index (χ2n) is 11.8. The predicted octanol–water partition coefficient (Wildman–Crippen LogP) is 7.35. The Labute approximate surface area is 251 Å². The van der Waals surface area contributed by atoms with Crippen molar-refractivity contribution in [1.29, 1.82) is 0 Å². The van der Waals surface area contributed by atoms with Crippen LogP contribution < -0.4 is 10.1 Å². The lowest BCUT2D eigenvalue weighted by atomic mass is 9.87. The van der Waals surface area contributed by atoms with E-state index in [1.54, 1.807) is 18.2 Å². The maximum atomic E-state index is 14.8. The summed E-state index contributed by atoms with van der Waals surface area (Å²) < 4.78 is 21.6. The van der Waals surface area contributed by atoms with Gasteiger partial charge in [0.25, 0.3) is 5.91 Å². The maximum Gasteiger partial charge on any atom is 0.261 e. The summed E-state index contributed by atoms with van der Waals surface area (Å²) in [5, 5.41) is 3.20. The monoisotopic (exact) mass is 622 g/mol. The lowest BCUT2D eigenvalue weighted by Crippen LogP contribution is -2.53. The van der Waals surface area contributed by atoms with E-state index in [1.165, 1.54) is 17.4 Å². The lowest BCUT2D eigenvalue weighted by molar-refractivity contribution is -0.143. The number of hydrogen-bond acceptors (Lipinski definition) is 3. The molecular weight excluding hydrogens is 583 g/mol. The van der Waals surface area contributed by atoms with Gasteiger partial charge in [0.05, 0.1) is 4.47 Å². The zero-order valence-electron chi connectivity index (χ0n) is 24.2. The quantitative estimate of drug-likeness (QED) is 0.257. The molecule has 3 aromatic rings. The number of ether oxygens (including phenoxy) is 1. The third kappa shape index (κ3) is 8.65. The minimum absolute atomic E-state index is 0.0379. The van der Waals surface area contributed by atoms with E-state index < -0.39 is 11.9 Å². The molecular formula is C34H40BrFN2O3. The van der Waals surface area contributed by atoms with E-state index in [-0.39, 0.29) is 36.4 Å². The highest BCUT2D eigenvalue weighted by atomic mass is 79.9. The highest BCUT2D eigenvalue weighted by molar-refractivity contribution is 9.10. The fourth-order valence-corrected chi connectivity index (χ4v) is 5.71. The summed E-state index contributed by atoms with van der Waals surface area (Å²) in [6, 6.07) is 21.1. The molecule has 0 radical (unpaired) electrons. The highest BCUT2D eigenvalue weighted by Crippen LogP contribution is 2.31. The summed E-state index contributed by atoms with van der Waals surface area (Å²) in [4.78, 5) is 29.2. The summed E-state index contributed by atoms with van der Waals surface area (Å²) in [6.45, 7) is 6.05. The molecule has 41 heavy (non-hydrogen) atoms. The summed E-state index contributed by atoms with van der Waals surface area (Å²) in [5.74, 6) is -0.498. The maximum absolute atomic E-state index is 14.8. The summed E-state index contributed by atoms with van der Waals surface area (Å²) in [5.41, 5.74) is 2.36. The van der Waals surface area contributed by atoms with Crippen molar-refractivity contribution in [2.24, 2.45) is 0 Å². The van der Waals surface area contributed by atoms with E-state index in [0.717, 1.165) is 41.3 Å². The van der Waals surface area contributed by atoms with Gasteiger partial charge >= 0.3 is 0 Å². The molecule has 0 saturated heterocycles. The molecule has 5 nitrogen and oxygen atoms in total. The first kappa shape index (κ1) is 30.8. The molecule has 1 saturated carbocycles. The molecule has 218 valence electrons. The molecule has 3 aromatic carbocycles. The summed E-state index contributed by atoms with van der Waals surface area (Å²) in [6.07, 6.45) is 5.47. The van der Waals surface area contributed by atoms with E-state index in [2.05, 4.69) is 42.0 Å². The molecule has 0 unspecified atom stereocenters. The van der Waals surface area contributed by atoms with Gasteiger partial charge < -0.3 is 15.0 Å². The lowest BCUT2D eigenvalue weighted by Gasteiger charge is -2.33. The van der Waals surface area contributed by atoms with Gasteiger partial charge in [-0.15, -0.1) is 0 Å². The minimum atomic E-state index is -0.832.